The molecule has 3 nitrogen and oxygen atoms in total. The van der Waals surface area contributed by atoms with Crippen molar-refractivity contribution in [2.75, 3.05) is 6.61 Å². The van der Waals surface area contributed by atoms with Crippen LogP contribution in [-0.4, -0.2) is 18.6 Å². The van der Waals surface area contributed by atoms with Gasteiger partial charge >= 0.3 is 0 Å². The van der Waals surface area contributed by atoms with Crippen molar-refractivity contribution in [3.63, 3.8) is 0 Å². The fourth-order valence-electron chi connectivity index (χ4n) is 1.62. The lowest BCUT2D eigenvalue weighted by molar-refractivity contribution is -0.119. The number of hydrogen-bond acceptors (Lipinski definition) is 2. The average molecular weight is 221 g/mol. The predicted octanol–water partition coefficient (Wildman–Crippen LogP) is 2.21. The van der Waals surface area contributed by atoms with E-state index in [1.165, 1.54) is 6.92 Å². The number of amides is 1. The zero-order chi connectivity index (χ0) is 12.1. The lowest BCUT2D eigenvalue weighted by Gasteiger charge is -2.16. The fourth-order valence-corrected chi connectivity index (χ4v) is 1.62. The summed E-state index contributed by atoms with van der Waals surface area (Å²) in [5.74, 6) is 0.886. The Hall–Kier alpha value is -1.51. The van der Waals surface area contributed by atoms with Gasteiger partial charge in [0.05, 0.1) is 6.04 Å². The topological polar surface area (TPSA) is 38.3 Å². The number of aryl methyl sites for hydroxylation is 2. The normalized spacial score (nSPS) is 12.0. The molecular weight excluding hydrogens is 202 g/mol. The van der Waals surface area contributed by atoms with Crippen LogP contribution in [0.2, 0.25) is 0 Å². The SMILES string of the molecule is CC(=O)N[C@H](C)COc1c(C)cccc1C. The molecule has 16 heavy (non-hydrogen) atoms. The molecule has 0 aromatic heterocycles. The number of rotatable bonds is 4. The summed E-state index contributed by atoms with van der Waals surface area (Å²) in [6, 6.07) is 6.07. The first-order valence-corrected chi connectivity index (χ1v) is 5.47. The van der Waals surface area contributed by atoms with E-state index in [4.69, 9.17) is 4.74 Å². The third kappa shape index (κ3) is 3.57. The lowest BCUT2D eigenvalue weighted by Crippen LogP contribution is -2.35. The molecular formula is C13H19NO2. The molecule has 1 atom stereocenters. The van der Waals surface area contributed by atoms with Gasteiger partial charge < -0.3 is 10.1 Å². The Kier molecular flexibility index (Phi) is 4.35. The van der Waals surface area contributed by atoms with Crippen molar-refractivity contribution in [3.05, 3.63) is 29.3 Å². The van der Waals surface area contributed by atoms with Crippen LogP contribution in [0.5, 0.6) is 5.75 Å². The van der Waals surface area contributed by atoms with Crippen LogP contribution in [0.4, 0.5) is 0 Å². The van der Waals surface area contributed by atoms with Crippen LogP contribution in [0.3, 0.4) is 0 Å². The highest BCUT2D eigenvalue weighted by molar-refractivity contribution is 5.73. The molecule has 0 radical (unpaired) electrons. The Balaban J connectivity index is 2.57. The molecule has 0 unspecified atom stereocenters. The summed E-state index contributed by atoms with van der Waals surface area (Å²) in [5.41, 5.74) is 2.24. The van der Waals surface area contributed by atoms with Gasteiger partial charge in [-0.1, -0.05) is 18.2 Å². The Morgan fingerprint density at radius 1 is 1.38 bits per heavy atom. The predicted molar refractivity (Wildman–Crippen MR) is 64.7 cm³/mol. The molecule has 1 amide bonds. The summed E-state index contributed by atoms with van der Waals surface area (Å²) < 4.78 is 5.72. The number of para-hydroxylation sites is 1. The van der Waals surface area contributed by atoms with Crippen LogP contribution in [0.25, 0.3) is 0 Å². The number of carbonyl (C=O) groups excluding carboxylic acids is 1. The molecule has 0 heterocycles. The first-order valence-electron chi connectivity index (χ1n) is 5.47. The van der Waals surface area contributed by atoms with E-state index in [2.05, 4.69) is 5.32 Å². The quantitative estimate of drug-likeness (QED) is 0.846. The Labute approximate surface area is 96.8 Å². The molecule has 0 saturated heterocycles. The molecule has 1 aromatic carbocycles. The van der Waals surface area contributed by atoms with Crippen molar-refractivity contribution in [3.8, 4) is 5.75 Å². The molecule has 0 aliphatic carbocycles. The molecule has 88 valence electrons. The van der Waals surface area contributed by atoms with Gasteiger partial charge in [0.15, 0.2) is 0 Å². The van der Waals surface area contributed by atoms with Gasteiger partial charge in [0.2, 0.25) is 5.91 Å². The van der Waals surface area contributed by atoms with E-state index in [9.17, 15) is 4.79 Å². The van der Waals surface area contributed by atoms with Gasteiger partial charge in [-0.2, -0.15) is 0 Å². The number of benzene rings is 1. The zero-order valence-electron chi connectivity index (χ0n) is 10.3. The largest absolute Gasteiger partial charge is 0.491 e. The maximum absolute atomic E-state index is 10.8. The van der Waals surface area contributed by atoms with Crippen LogP contribution < -0.4 is 10.1 Å². The second kappa shape index (κ2) is 5.54. The smallest absolute Gasteiger partial charge is 0.217 e. The number of nitrogens with one attached hydrogen (secondary N) is 1. The molecule has 1 aromatic rings. The standard InChI is InChI=1S/C13H19NO2/c1-9-6-5-7-10(2)13(9)16-8-11(3)14-12(4)15/h5-7,11H,8H2,1-4H3,(H,14,15)/t11-/m1/s1. The van der Waals surface area contributed by atoms with Gasteiger partial charge in [0.1, 0.15) is 12.4 Å². The zero-order valence-corrected chi connectivity index (χ0v) is 10.3. The summed E-state index contributed by atoms with van der Waals surface area (Å²) >= 11 is 0. The van der Waals surface area contributed by atoms with Crippen molar-refractivity contribution in [1.29, 1.82) is 0 Å². The highest BCUT2D eigenvalue weighted by Gasteiger charge is 2.07. The third-order valence-corrected chi connectivity index (χ3v) is 2.34. The van der Waals surface area contributed by atoms with E-state index in [0.29, 0.717) is 6.61 Å². The molecule has 0 spiro atoms. The maximum atomic E-state index is 10.8. The molecule has 0 aliphatic heterocycles. The highest BCUT2D eigenvalue weighted by atomic mass is 16.5. The summed E-state index contributed by atoms with van der Waals surface area (Å²) in [4.78, 5) is 10.8. The molecule has 0 aliphatic rings. The highest BCUT2D eigenvalue weighted by Crippen LogP contribution is 2.22. The second-order valence-electron chi connectivity index (χ2n) is 4.13. The average Bonchev–Trinajstić information content (AvgIpc) is 2.15. The Morgan fingerprint density at radius 3 is 2.44 bits per heavy atom. The van der Waals surface area contributed by atoms with Crippen molar-refractivity contribution >= 4 is 5.91 Å². The van der Waals surface area contributed by atoms with Crippen LogP contribution >= 0.6 is 0 Å². The molecule has 0 bridgehead atoms. The van der Waals surface area contributed by atoms with E-state index in [-0.39, 0.29) is 11.9 Å². The van der Waals surface area contributed by atoms with Crippen LogP contribution in [0.1, 0.15) is 25.0 Å². The monoisotopic (exact) mass is 221 g/mol. The minimum Gasteiger partial charge on any atom is -0.491 e. The van der Waals surface area contributed by atoms with Gasteiger partial charge in [-0.3, -0.25) is 4.79 Å². The minimum atomic E-state index is -0.0300. The summed E-state index contributed by atoms with van der Waals surface area (Å²) in [5, 5.41) is 2.79. The van der Waals surface area contributed by atoms with Crippen molar-refractivity contribution in [2.24, 2.45) is 0 Å². The van der Waals surface area contributed by atoms with Crippen molar-refractivity contribution in [2.45, 2.75) is 33.7 Å². The minimum absolute atomic E-state index is 0.0245. The number of hydrogen-bond donors (Lipinski definition) is 1. The van der Waals surface area contributed by atoms with Crippen LogP contribution in [-0.2, 0) is 4.79 Å². The first-order chi connectivity index (χ1) is 7.50. The van der Waals surface area contributed by atoms with Gasteiger partial charge in [-0.05, 0) is 31.9 Å². The molecule has 1 N–H and O–H groups in total. The van der Waals surface area contributed by atoms with Gasteiger partial charge in [0.25, 0.3) is 0 Å². The van der Waals surface area contributed by atoms with Crippen LogP contribution in [0.15, 0.2) is 18.2 Å². The summed E-state index contributed by atoms with van der Waals surface area (Å²) in [6.45, 7) is 7.96. The molecule has 0 saturated carbocycles. The van der Waals surface area contributed by atoms with Crippen molar-refractivity contribution < 1.29 is 9.53 Å². The number of carbonyl (C=O) groups is 1. The van der Waals surface area contributed by atoms with E-state index >= 15 is 0 Å². The van der Waals surface area contributed by atoms with Gasteiger partial charge in [0, 0.05) is 6.92 Å². The van der Waals surface area contributed by atoms with Crippen molar-refractivity contribution in [1.82, 2.24) is 5.32 Å². The maximum Gasteiger partial charge on any atom is 0.217 e. The van der Waals surface area contributed by atoms with Crippen LogP contribution in [0, 0.1) is 13.8 Å². The summed E-state index contributed by atoms with van der Waals surface area (Å²) in [6.07, 6.45) is 0. The van der Waals surface area contributed by atoms with E-state index < -0.39 is 0 Å². The number of ether oxygens (including phenoxy) is 1. The van der Waals surface area contributed by atoms with Gasteiger partial charge in [-0.15, -0.1) is 0 Å². The van der Waals surface area contributed by atoms with E-state index in [1.807, 2.05) is 39.0 Å². The summed E-state index contributed by atoms with van der Waals surface area (Å²) in [7, 11) is 0. The van der Waals surface area contributed by atoms with E-state index in [0.717, 1.165) is 16.9 Å². The second-order valence-corrected chi connectivity index (χ2v) is 4.13. The third-order valence-electron chi connectivity index (χ3n) is 2.34. The first kappa shape index (κ1) is 12.6. The lowest BCUT2D eigenvalue weighted by atomic mass is 10.1. The van der Waals surface area contributed by atoms with E-state index in [1.54, 1.807) is 0 Å². The Morgan fingerprint density at radius 2 is 1.94 bits per heavy atom. The Bertz CT molecular complexity index is 354. The molecule has 0 fully saturated rings. The molecule has 3 heteroatoms. The van der Waals surface area contributed by atoms with Gasteiger partial charge in [-0.25, -0.2) is 0 Å². The fraction of sp³-hybridized carbons (Fsp3) is 0.462. The molecule has 1 rings (SSSR count).